The number of hydrogen-bond donors (Lipinski definition) is 2. The van der Waals surface area contributed by atoms with Crippen LogP contribution in [0.1, 0.15) is 39.9 Å². The van der Waals surface area contributed by atoms with Gasteiger partial charge < -0.3 is 19.9 Å². The normalized spacial score (nSPS) is 10.5. The van der Waals surface area contributed by atoms with E-state index < -0.39 is 0 Å². The van der Waals surface area contributed by atoms with Crippen molar-refractivity contribution < 1.29 is 18.8 Å². The van der Waals surface area contributed by atoms with E-state index in [1.54, 1.807) is 24.3 Å². The zero-order chi connectivity index (χ0) is 21.5. The van der Waals surface area contributed by atoms with Crippen molar-refractivity contribution in [2.24, 2.45) is 0 Å². The largest absolute Gasteiger partial charge is 0.489 e. The van der Waals surface area contributed by atoms with Crippen molar-refractivity contribution in [3.05, 3.63) is 76.7 Å². The molecule has 0 radical (unpaired) electrons. The summed E-state index contributed by atoms with van der Waals surface area (Å²) in [4.78, 5) is 24.6. The fourth-order valence-electron chi connectivity index (χ4n) is 2.99. The predicted octanol–water partition coefficient (Wildman–Crippen LogP) is 3.80. The Morgan fingerprint density at radius 2 is 1.80 bits per heavy atom. The molecule has 0 fully saturated rings. The van der Waals surface area contributed by atoms with E-state index in [2.05, 4.69) is 15.8 Å². The Morgan fingerprint density at radius 3 is 2.47 bits per heavy atom. The Balaban J connectivity index is 1.58. The molecule has 0 atom stereocenters. The number of nitrogens with zero attached hydrogens (tertiary/aromatic N) is 1. The molecular weight excluding hydrogens is 382 g/mol. The monoisotopic (exact) mass is 407 g/mol. The van der Waals surface area contributed by atoms with Gasteiger partial charge in [-0.15, -0.1) is 0 Å². The van der Waals surface area contributed by atoms with E-state index >= 15 is 0 Å². The average Bonchev–Trinajstić information content (AvgIpc) is 3.05. The molecule has 0 spiro atoms. The van der Waals surface area contributed by atoms with Crippen LogP contribution in [-0.4, -0.2) is 23.5 Å². The lowest BCUT2D eigenvalue weighted by Crippen LogP contribution is -2.25. The van der Waals surface area contributed by atoms with Crippen molar-refractivity contribution >= 4 is 17.5 Å². The molecule has 30 heavy (non-hydrogen) atoms. The lowest BCUT2D eigenvalue weighted by Gasteiger charge is -2.11. The van der Waals surface area contributed by atoms with Gasteiger partial charge in [-0.3, -0.25) is 9.59 Å². The van der Waals surface area contributed by atoms with Gasteiger partial charge in [0.1, 0.15) is 18.1 Å². The van der Waals surface area contributed by atoms with Gasteiger partial charge in [-0.05, 0) is 50.6 Å². The molecular formula is C23H25N3O4. The number of carbonyl (C=O) groups excluding carboxylic acids is 2. The number of ether oxygens (including phenoxy) is 1. The van der Waals surface area contributed by atoms with Crippen molar-refractivity contribution in [2.75, 3.05) is 11.9 Å². The van der Waals surface area contributed by atoms with Gasteiger partial charge in [-0.1, -0.05) is 29.4 Å². The van der Waals surface area contributed by atoms with E-state index in [1.165, 1.54) is 0 Å². The van der Waals surface area contributed by atoms with Gasteiger partial charge in [0, 0.05) is 6.54 Å². The first kappa shape index (κ1) is 21.1. The van der Waals surface area contributed by atoms with Crippen molar-refractivity contribution in [1.29, 1.82) is 0 Å². The molecule has 3 rings (SSSR count). The maximum atomic E-state index is 12.5. The minimum Gasteiger partial charge on any atom is -0.489 e. The SMILES string of the molecule is CCNC(=O)c1ccccc1NC(=O)Cc1ccc(OCc2c(C)noc2C)cc1. The molecule has 3 aromatic rings. The summed E-state index contributed by atoms with van der Waals surface area (Å²) < 4.78 is 10.9. The Bertz CT molecular complexity index is 1010. The summed E-state index contributed by atoms with van der Waals surface area (Å²) in [6.45, 7) is 6.47. The minimum atomic E-state index is -0.215. The lowest BCUT2D eigenvalue weighted by atomic mass is 10.1. The molecule has 2 amide bonds. The highest BCUT2D eigenvalue weighted by Crippen LogP contribution is 2.19. The second kappa shape index (κ2) is 9.73. The van der Waals surface area contributed by atoms with E-state index in [-0.39, 0.29) is 18.2 Å². The van der Waals surface area contributed by atoms with Crippen LogP contribution < -0.4 is 15.4 Å². The standard InChI is InChI=1S/C23H25N3O4/c1-4-24-23(28)19-7-5-6-8-21(19)25-22(27)13-17-9-11-18(12-10-17)29-14-20-15(2)26-30-16(20)3/h5-12H,4,13-14H2,1-3H3,(H,24,28)(H,25,27). The zero-order valence-electron chi connectivity index (χ0n) is 17.3. The first-order valence-electron chi connectivity index (χ1n) is 9.78. The fraction of sp³-hybridized carbons (Fsp3) is 0.261. The summed E-state index contributed by atoms with van der Waals surface area (Å²) in [5.41, 5.74) is 3.52. The summed E-state index contributed by atoms with van der Waals surface area (Å²) >= 11 is 0. The van der Waals surface area contributed by atoms with Crippen LogP contribution in [0.5, 0.6) is 5.75 Å². The van der Waals surface area contributed by atoms with Crippen LogP contribution in [-0.2, 0) is 17.8 Å². The van der Waals surface area contributed by atoms with E-state index in [9.17, 15) is 9.59 Å². The summed E-state index contributed by atoms with van der Waals surface area (Å²) in [6, 6.07) is 14.3. The van der Waals surface area contributed by atoms with Gasteiger partial charge in [-0.25, -0.2) is 0 Å². The van der Waals surface area contributed by atoms with Gasteiger partial charge in [0.15, 0.2) is 0 Å². The Labute approximate surface area is 175 Å². The summed E-state index contributed by atoms with van der Waals surface area (Å²) in [5, 5.41) is 9.48. The highest BCUT2D eigenvalue weighted by atomic mass is 16.5. The van der Waals surface area contributed by atoms with Crippen LogP contribution in [0.25, 0.3) is 0 Å². The topological polar surface area (TPSA) is 93.5 Å². The van der Waals surface area contributed by atoms with Crippen LogP contribution in [0.15, 0.2) is 53.1 Å². The second-order valence-electron chi connectivity index (χ2n) is 6.87. The lowest BCUT2D eigenvalue weighted by molar-refractivity contribution is -0.115. The van der Waals surface area contributed by atoms with Crippen LogP contribution >= 0.6 is 0 Å². The molecule has 0 aliphatic carbocycles. The summed E-state index contributed by atoms with van der Waals surface area (Å²) in [6.07, 6.45) is 0.188. The van der Waals surface area contributed by atoms with E-state index in [0.717, 1.165) is 22.6 Å². The number of aromatic nitrogens is 1. The zero-order valence-corrected chi connectivity index (χ0v) is 17.3. The van der Waals surface area contributed by atoms with E-state index in [1.807, 2.05) is 45.0 Å². The first-order valence-corrected chi connectivity index (χ1v) is 9.78. The van der Waals surface area contributed by atoms with Gasteiger partial charge in [-0.2, -0.15) is 0 Å². The van der Waals surface area contributed by atoms with Crippen LogP contribution in [0.3, 0.4) is 0 Å². The van der Waals surface area contributed by atoms with Gasteiger partial charge in [0.2, 0.25) is 5.91 Å². The Morgan fingerprint density at radius 1 is 1.07 bits per heavy atom. The third kappa shape index (κ3) is 5.26. The molecule has 0 bridgehead atoms. The number of carbonyl (C=O) groups is 2. The summed E-state index contributed by atoms with van der Waals surface area (Å²) in [7, 11) is 0. The maximum absolute atomic E-state index is 12.5. The number of para-hydroxylation sites is 1. The van der Waals surface area contributed by atoms with E-state index in [4.69, 9.17) is 9.26 Å². The molecule has 7 nitrogen and oxygen atoms in total. The number of nitrogens with one attached hydrogen (secondary N) is 2. The van der Waals surface area contributed by atoms with Crippen molar-refractivity contribution in [3.63, 3.8) is 0 Å². The molecule has 0 saturated heterocycles. The van der Waals surface area contributed by atoms with Crippen LogP contribution in [0.2, 0.25) is 0 Å². The molecule has 7 heteroatoms. The number of anilines is 1. The fourth-order valence-corrected chi connectivity index (χ4v) is 2.99. The number of aryl methyl sites for hydroxylation is 2. The smallest absolute Gasteiger partial charge is 0.253 e. The first-order chi connectivity index (χ1) is 14.5. The molecule has 156 valence electrons. The van der Waals surface area contributed by atoms with Gasteiger partial charge in [0.25, 0.3) is 5.91 Å². The number of amides is 2. The maximum Gasteiger partial charge on any atom is 0.253 e. The molecule has 0 aliphatic heterocycles. The molecule has 1 heterocycles. The van der Waals surface area contributed by atoms with Gasteiger partial charge in [0.05, 0.1) is 28.9 Å². The van der Waals surface area contributed by atoms with Crippen molar-refractivity contribution in [1.82, 2.24) is 10.5 Å². The van der Waals surface area contributed by atoms with Crippen molar-refractivity contribution in [2.45, 2.75) is 33.8 Å². The highest BCUT2D eigenvalue weighted by molar-refractivity contribution is 6.04. The summed E-state index contributed by atoms with van der Waals surface area (Å²) in [5.74, 6) is 1.03. The average molecular weight is 407 g/mol. The third-order valence-electron chi connectivity index (χ3n) is 4.64. The second-order valence-corrected chi connectivity index (χ2v) is 6.87. The van der Waals surface area contributed by atoms with Crippen LogP contribution in [0.4, 0.5) is 5.69 Å². The molecule has 2 N–H and O–H groups in total. The molecule has 0 aliphatic rings. The minimum absolute atomic E-state index is 0.188. The molecule has 2 aromatic carbocycles. The number of hydrogen-bond acceptors (Lipinski definition) is 5. The Hall–Kier alpha value is -3.61. The molecule has 1 aromatic heterocycles. The third-order valence-corrected chi connectivity index (χ3v) is 4.64. The van der Waals surface area contributed by atoms with Gasteiger partial charge >= 0.3 is 0 Å². The highest BCUT2D eigenvalue weighted by Gasteiger charge is 2.13. The Kier molecular flexibility index (Phi) is 6.85. The predicted molar refractivity (Wildman–Crippen MR) is 114 cm³/mol. The quantitative estimate of drug-likeness (QED) is 0.592. The van der Waals surface area contributed by atoms with E-state index in [0.29, 0.717) is 30.2 Å². The molecule has 0 unspecified atom stereocenters. The van der Waals surface area contributed by atoms with Crippen molar-refractivity contribution in [3.8, 4) is 5.75 Å². The number of rotatable bonds is 8. The molecule has 0 saturated carbocycles. The number of benzene rings is 2. The van der Waals surface area contributed by atoms with Crippen LogP contribution in [0, 0.1) is 13.8 Å².